The molecule has 3 rings (SSSR count). The molecule has 8 heteroatoms. The number of para-hydroxylation sites is 1. The Bertz CT molecular complexity index is 853. The Morgan fingerprint density at radius 3 is 2.54 bits per heavy atom. The minimum absolute atomic E-state index is 0. The average Bonchev–Trinajstić information content (AvgIpc) is 3.17. The van der Waals surface area contributed by atoms with Crippen LogP contribution in [0.1, 0.15) is 6.42 Å². The topological polar surface area (TPSA) is 78.5 Å². The number of nitrogens with one attached hydrogen (secondary N) is 2. The van der Waals surface area contributed by atoms with Crippen LogP contribution < -0.4 is 14.9 Å². The summed E-state index contributed by atoms with van der Waals surface area (Å²) >= 11 is 0. The first-order valence-electron chi connectivity index (χ1n) is 8.14. The second-order valence-electron chi connectivity index (χ2n) is 6.01. The van der Waals surface area contributed by atoms with E-state index in [0.29, 0.717) is 17.9 Å². The van der Waals surface area contributed by atoms with E-state index >= 15 is 0 Å². The Hall–Kier alpha value is -2.09. The van der Waals surface area contributed by atoms with Gasteiger partial charge in [-0.1, -0.05) is 24.3 Å². The number of hydrogen-bond donors (Lipinski definition) is 2. The van der Waals surface area contributed by atoms with Crippen LogP contribution in [-0.2, 0) is 14.8 Å². The molecule has 0 aliphatic carbocycles. The van der Waals surface area contributed by atoms with Gasteiger partial charge in [0.05, 0.1) is 16.5 Å². The van der Waals surface area contributed by atoms with Gasteiger partial charge in [-0.15, -0.1) is 12.4 Å². The largest absolute Gasteiger partial charge is 0.326 e. The molecule has 2 aromatic rings. The number of rotatable bonds is 5. The zero-order chi connectivity index (χ0) is 17.9. The van der Waals surface area contributed by atoms with Crippen molar-refractivity contribution in [3.63, 3.8) is 0 Å². The number of amides is 1. The van der Waals surface area contributed by atoms with Crippen LogP contribution in [0.5, 0.6) is 0 Å². The predicted molar refractivity (Wildman–Crippen MR) is 105 cm³/mol. The molecule has 1 amide bonds. The molecule has 2 aromatic carbocycles. The average molecular weight is 396 g/mol. The summed E-state index contributed by atoms with van der Waals surface area (Å²) in [6.07, 6.45) is 0.792. The smallest absolute Gasteiger partial charge is 0.264 e. The van der Waals surface area contributed by atoms with E-state index in [0.717, 1.165) is 13.0 Å². The summed E-state index contributed by atoms with van der Waals surface area (Å²) < 4.78 is 26.9. The van der Waals surface area contributed by atoms with Crippen molar-refractivity contribution in [2.45, 2.75) is 11.3 Å². The van der Waals surface area contributed by atoms with Gasteiger partial charge in [-0.05, 0) is 43.3 Å². The monoisotopic (exact) mass is 395 g/mol. The fourth-order valence-electron chi connectivity index (χ4n) is 2.79. The molecule has 6 nitrogen and oxygen atoms in total. The zero-order valence-electron chi connectivity index (χ0n) is 14.4. The lowest BCUT2D eigenvalue weighted by Crippen LogP contribution is -2.27. The van der Waals surface area contributed by atoms with E-state index in [-0.39, 0.29) is 29.1 Å². The lowest BCUT2D eigenvalue weighted by atomic mass is 10.1. The molecule has 1 unspecified atom stereocenters. The first kappa shape index (κ1) is 20.2. The maximum absolute atomic E-state index is 12.8. The number of hydrogen-bond acceptors (Lipinski definition) is 4. The maximum Gasteiger partial charge on any atom is 0.264 e. The van der Waals surface area contributed by atoms with Crippen LogP contribution in [0, 0.1) is 5.92 Å². The Balaban J connectivity index is 0.00000243. The van der Waals surface area contributed by atoms with Gasteiger partial charge in [0.25, 0.3) is 10.0 Å². The second kappa shape index (κ2) is 8.53. The minimum atomic E-state index is -3.70. The summed E-state index contributed by atoms with van der Waals surface area (Å²) in [5.41, 5.74) is 1.06. The summed E-state index contributed by atoms with van der Waals surface area (Å²) in [5, 5.41) is 5.96. The van der Waals surface area contributed by atoms with E-state index in [4.69, 9.17) is 0 Å². The predicted octanol–water partition coefficient (Wildman–Crippen LogP) is 2.48. The number of benzene rings is 2. The molecule has 0 radical (unpaired) electrons. The Morgan fingerprint density at radius 2 is 1.88 bits per heavy atom. The van der Waals surface area contributed by atoms with Crippen LogP contribution in [0.3, 0.4) is 0 Å². The Labute approximate surface area is 160 Å². The van der Waals surface area contributed by atoms with Crippen molar-refractivity contribution < 1.29 is 13.2 Å². The quantitative estimate of drug-likeness (QED) is 0.815. The molecule has 1 fully saturated rings. The normalized spacial score (nSPS) is 16.6. The fraction of sp³-hybridized carbons (Fsp3) is 0.278. The van der Waals surface area contributed by atoms with Crippen molar-refractivity contribution in [2.24, 2.45) is 5.92 Å². The number of nitrogens with zero attached hydrogens (tertiary/aromatic N) is 1. The number of carbonyl (C=O) groups is 1. The third-order valence-corrected chi connectivity index (χ3v) is 6.09. The van der Waals surface area contributed by atoms with Crippen LogP contribution in [0.25, 0.3) is 0 Å². The van der Waals surface area contributed by atoms with E-state index in [1.165, 1.54) is 23.5 Å². The Morgan fingerprint density at radius 1 is 1.15 bits per heavy atom. The first-order valence-corrected chi connectivity index (χ1v) is 9.58. The lowest BCUT2D eigenvalue weighted by Gasteiger charge is -2.20. The number of carbonyl (C=O) groups excluding carboxylic acids is 1. The number of sulfonamides is 1. The number of anilines is 2. The van der Waals surface area contributed by atoms with Crippen molar-refractivity contribution in [1.29, 1.82) is 0 Å². The van der Waals surface area contributed by atoms with Gasteiger partial charge in [-0.3, -0.25) is 9.10 Å². The highest BCUT2D eigenvalue weighted by Gasteiger charge is 2.24. The molecule has 0 spiro atoms. The molecule has 0 aromatic heterocycles. The SMILES string of the molecule is CN(c1ccccc1)S(=O)(=O)c1cccc(NC(=O)C2CCNC2)c1.Cl. The fourth-order valence-corrected chi connectivity index (χ4v) is 4.03. The van der Waals surface area contributed by atoms with E-state index in [9.17, 15) is 13.2 Å². The summed E-state index contributed by atoms with van der Waals surface area (Å²) in [5.74, 6) is -0.164. The minimum Gasteiger partial charge on any atom is -0.326 e. The van der Waals surface area contributed by atoms with Gasteiger partial charge in [-0.25, -0.2) is 8.42 Å². The molecule has 26 heavy (non-hydrogen) atoms. The van der Waals surface area contributed by atoms with Crippen LogP contribution in [0.4, 0.5) is 11.4 Å². The second-order valence-corrected chi connectivity index (χ2v) is 7.98. The van der Waals surface area contributed by atoms with E-state index in [1.54, 1.807) is 36.4 Å². The van der Waals surface area contributed by atoms with Gasteiger partial charge in [-0.2, -0.15) is 0 Å². The van der Waals surface area contributed by atoms with Gasteiger partial charge in [0, 0.05) is 19.3 Å². The van der Waals surface area contributed by atoms with Crippen molar-refractivity contribution in [3.8, 4) is 0 Å². The van der Waals surface area contributed by atoms with E-state index in [2.05, 4.69) is 10.6 Å². The van der Waals surface area contributed by atoms with Gasteiger partial charge in [0.1, 0.15) is 0 Å². The van der Waals surface area contributed by atoms with Crippen molar-refractivity contribution >= 4 is 39.7 Å². The molecule has 0 bridgehead atoms. The summed E-state index contributed by atoms with van der Waals surface area (Å²) in [6, 6.07) is 15.2. The molecule has 140 valence electrons. The molecule has 1 aliphatic heterocycles. The van der Waals surface area contributed by atoms with E-state index < -0.39 is 10.0 Å². The maximum atomic E-state index is 12.8. The van der Waals surface area contributed by atoms with Crippen molar-refractivity contribution in [1.82, 2.24) is 5.32 Å². The zero-order valence-corrected chi connectivity index (χ0v) is 16.0. The third-order valence-electron chi connectivity index (χ3n) is 4.31. The van der Waals surface area contributed by atoms with Gasteiger partial charge in [0.2, 0.25) is 5.91 Å². The molecule has 1 aliphatic rings. The summed E-state index contributed by atoms with van der Waals surface area (Å²) in [6.45, 7) is 1.48. The van der Waals surface area contributed by atoms with Gasteiger partial charge in [0.15, 0.2) is 0 Å². The molecular weight excluding hydrogens is 374 g/mol. The summed E-state index contributed by atoms with van der Waals surface area (Å²) in [7, 11) is -2.19. The van der Waals surface area contributed by atoms with Crippen molar-refractivity contribution in [2.75, 3.05) is 29.8 Å². The van der Waals surface area contributed by atoms with Crippen LogP contribution in [0.2, 0.25) is 0 Å². The molecule has 1 heterocycles. The van der Waals surface area contributed by atoms with Crippen molar-refractivity contribution in [3.05, 3.63) is 54.6 Å². The summed E-state index contributed by atoms with van der Waals surface area (Å²) in [4.78, 5) is 12.4. The van der Waals surface area contributed by atoms with Crippen LogP contribution in [-0.4, -0.2) is 34.5 Å². The highest BCUT2D eigenvalue weighted by molar-refractivity contribution is 7.92. The molecule has 0 saturated carbocycles. The molecule has 1 saturated heterocycles. The first-order chi connectivity index (χ1) is 12.0. The van der Waals surface area contributed by atoms with Gasteiger partial charge >= 0.3 is 0 Å². The van der Waals surface area contributed by atoms with Gasteiger partial charge < -0.3 is 10.6 Å². The Kier molecular flexibility index (Phi) is 6.63. The lowest BCUT2D eigenvalue weighted by molar-refractivity contribution is -0.119. The highest BCUT2D eigenvalue weighted by atomic mass is 35.5. The molecule has 1 atom stereocenters. The standard InChI is InChI=1S/C18H21N3O3S.ClH/c1-21(16-7-3-2-4-8-16)25(23,24)17-9-5-6-15(12-17)20-18(22)14-10-11-19-13-14;/h2-9,12,14,19H,10-11,13H2,1H3,(H,20,22);1H. The van der Waals surface area contributed by atoms with Crippen LogP contribution >= 0.6 is 12.4 Å². The highest BCUT2D eigenvalue weighted by Crippen LogP contribution is 2.24. The van der Waals surface area contributed by atoms with Crippen LogP contribution in [0.15, 0.2) is 59.5 Å². The van der Waals surface area contributed by atoms with E-state index in [1.807, 2.05) is 6.07 Å². The number of halogens is 1. The molecule has 2 N–H and O–H groups in total. The third kappa shape index (κ3) is 4.35. The molecular formula is C18H22ClN3O3S.